The van der Waals surface area contributed by atoms with Gasteiger partial charge in [0.1, 0.15) is 11.6 Å². The summed E-state index contributed by atoms with van der Waals surface area (Å²) in [5.41, 5.74) is 2.52. The van der Waals surface area contributed by atoms with E-state index < -0.39 is 9.73 Å². The van der Waals surface area contributed by atoms with Crippen LogP contribution in [0, 0.1) is 11.7 Å². The van der Waals surface area contributed by atoms with Crippen LogP contribution in [-0.4, -0.2) is 55.3 Å². The number of nitrogens with zero attached hydrogens (tertiary/aromatic N) is 5. The zero-order valence-electron chi connectivity index (χ0n) is 17.2. The first kappa shape index (κ1) is 19.4. The summed E-state index contributed by atoms with van der Waals surface area (Å²) < 4.78 is 28.8. The van der Waals surface area contributed by atoms with E-state index in [-0.39, 0.29) is 11.3 Å². The predicted molar refractivity (Wildman–Crippen MR) is 117 cm³/mol. The van der Waals surface area contributed by atoms with Crippen LogP contribution in [0.1, 0.15) is 36.5 Å². The van der Waals surface area contributed by atoms with Crippen molar-refractivity contribution in [3.63, 3.8) is 0 Å². The molecule has 9 heteroatoms. The van der Waals surface area contributed by atoms with E-state index >= 15 is 0 Å². The zero-order valence-corrected chi connectivity index (χ0v) is 18.1. The maximum Gasteiger partial charge on any atom is 0.237 e. The van der Waals surface area contributed by atoms with Gasteiger partial charge in [-0.1, -0.05) is 12.1 Å². The summed E-state index contributed by atoms with van der Waals surface area (Å²) >= 11 is 0. The van der Waals surface area contributed by atoms with Gasteiger partial charge in [0.15, 0.2) is 0 Å². The van der Waals surface area contributed by atoms with Crippen LogP contribution in [0.15, 0.2) is 30.3 Å². The third-order valence-electron chi connectivity index (χ3n) is 6.01. The summed E-state index contributed by atoms with van der Waals surface area (Å²) in [5, 5.41) is -0.357. The number of imidazole rings is 1. The summed E-state index contributed by atoms with van der Waals surface area (Å²) in [6.07, 6.45) is 1.52. The number of morpholine rings is 1. The number of rotatable bonds is 3. The van der Waals surface area contributed by atoms with Gasteiger partial charge >= 0.3 is 0 Å². The summed E-state index contributed by atoms with van der Waals surface area (Å²) in [6.45, 7) is 6.07. The Morgan fingerprint density at radius 2 is 2.07 bits per heavy atom. The van der Waals surface area contributed by atoms with Gasteiger partial charge in [-0.25, -0.2) is 14.2 Å². The maximum atomic E-state index is 12.9. The van der Waals surface area contributed by atoms with E-state index in [0.717, 1.165) is 42.1 Å². The highest BCUT2D eigenvalue weighted by molar-refractivity contribution is 7.92. The van der Waals surface area contributed by atoms with Gasteiger partial charge in [-0.05, 0) is 38.8 Å². The summed E-state index contributed by atoms with van der Waals surface area (Å²) in [6, 6.07) is 10.0. The van der Waals surface area contributed by atoms with Gasteiger partial charge in [0.05, 0.1) is 51.0 Å². The Balaban J connectivity index is 1.71. The molecule has 0 aliphatic carbocycles. The zero-order chi connectivity index (χ0) is 20.9. The Hall–Kier alpha value is -2.52. The molecule has 4 heterocycles. The van der Waals surface area contributed by atoms with Crippen molar-refractivity contribution in [1.29, 1.82) is 4.78 Å². The molecule has 0 bridgehead atoms. The molecule has 1 N–H and O–H groups in total. The SMILES string of the molecule is Cc1nc2ccccc2n1-c1nc([C@@H]2CCCS2(=N)=O)cc(N2CCOC[C@H]2C)n1. The van der Waals surface area contributed by atoms with Gasteiger partial charge in [-0.3, -0.25) is 9.35 Å². The first-order chi connectivity index (χ1) is 14.4. The molecule has 5 rings (SSSR count). The Bertz CT molecular complexity index is 1210. The van der Waals surface area contributed by atoms with Gasteiger partial charge in [-0.2, -0.15) is 4.98 Å². The minimum absolute atomic E-state index is 0.180. The number of aromatic nitrogens is 4. The minimum atomic E-state index is -2.70. The fourth-order valence-corrected chi connectivity index (χ4v) is 6.42. The second kappa shape index (κ2) is 7.31. The average Bonchev–Trinajstić information content (AvgIpc) is 3.25. The topological polar surface area (TPSA) is 97.0 Å². The van der Waals surface area contributed by atoms with Gasteiger partial charge in [0.2, 0.25) is 5.95 Å². The van der Waals surface area contributed by atoms with Crippen molar-refractivity contribution in [2.75, 3.05) is 30.4 Å². The molecule has 2 fully saturated rings. The minimum Gasteiger partial charge on any atom is -0.377 e. The predicted octanol–water partition coefficient (Wildman–Crippen LogP) is 3.23. The Morgan fingerprint density at radius 1 is 1.23 bits per heavy atom. The molecule has 2 aromatic heterocycles. The van der Waals surface area contributed by atoms with Crippen LogP contribution in [-0.2, 0) is 14.5 Å². The lowest BCUT2D eigenvalue weighted by atomic mass is 10.2. The van der Waals surface area contributed by atoms with Gasteiger partial charge in [0.25, 0.3) is 0 Å². The Morgan fingerprint density at radius 3 is 2.83 bits per heavy atom. The van der Waals surface area contributed by atoms with Crippen LogP contribution in [0.5, 0.6) is 0 Å². The lowest BCUT2D eigenvalue weighted by molar-refractivity contribution is 0.0985. The lowest BCUT2D eigenvalue weighted by Crippen LogP contribution is -2.44. The fraction of sp³-hybridized carbons (Fsp3) is 0.476. The highest BCUT2D eigenvalue weighted by Crippen LogP contribution is 2.36. The van der Waals surface area contributed by atoms with Crippen LogP contribution in [0.2, 0.25) is 0 Å². The van der Waals surface area contributed by atoms with E-state index in [1.54, 1.807) is 0 Å². The molecule has 2 saturated heterocycles. The maximum absolute atomic E-state index is 12.9. The molecule has 8 nitrogen and oxygen atoms in total. The summed E-state index contributed by atoms with van der Waals surface area (Å²) in [7, 11) is -2.70. The fourth-order valence-electron chi connectivity index (χ4n) is 4.48. The van der Waals surface area contributed by atoms with Crippen LogP contribution in [0.25, 0.3) is 17.0 Å². The number of ether oxygens (including phenoxy) is 1. The molecule has 30 heavy (non-hydrogen) atoms. The van der Waals surface area contributed by atoms with Crippen molar-refractivity contribution in [3.05, 3.63) is 41.9 Å². The molecule has 1 aromatic carbocycles. The van der Waals surface area contributed by atoms with E-state index in [2.05, 4.69) is 16.8 Å². The Labute approximate surface area is 176 Å². The summed E-state index contributed by atoms with van der Waals surface area (Å²) in [4.78, 5) is 16.6. The molecule has 2 aliphatic rings. The largest absolute Gasteiger partial charge is 0.377 e. The van der Waals surface area contributed by atoms with Crippen molar-refractivity contribution in [3.8, 4) is 5.95 Å². The van der Waals surface area contributed by atoms with E-state index in [9.17, 15) is 4.21 Å². The highest BCUT2D eigenvalue weighted by atomic mass is 32.2. The molecule has 0 amide bonds. The third-order valence-corrected chi connectivity index (χ3v) is 8.31. The van der Waals surface area contributed by atoms with E-state index in [4.69, 9.17) is 19.5 Å². The lowest BCUT2D eigenvalue weighted by Gasteiger charge is -2.34. The molecular formula is C21H26N6O2S. The molecule has 0 saturated carbocycles. The molecule has 2 aliphatic heterocycles. The van der Waals surface area contributed by atoms with Crippen LogP contribution in [0.3, 0.4) is 0 Å². The van der Waals surface area contributed by atoms with Crippen molar-refractivity contribution >= 4 is 26.6 Å². The first-order valence-electron chi connectivity index (χ1n) is 10.4. The van der Waals surface area contributed by atoms with Gasteiger partial charge in [-0.15, -0.1) is 0 Å². The van der Waals surface area contributed by atoms with Gasteiger partial charge in [0, 0.05) is 18.4 Å². The molecule has 158 valence electrons. The smallest absolute Gasteiger partial charge is 0.237 e. The number of hydrogen-bond acceptors (Lipinski definition) is 7. The summed E-state index contributed by atoms with van der Waals surface area (Å²) in [5.74, 6) is 2.56. The van der Waals surface area contributed by atoms with Crippen LogP contribution < -0.4 is 4.90 Å². The molecule has 1 unspecified atom stereocenters. The highest BCUT2D eigenvalue weighted by Gasteiger charge is 2.33. The van der Waals surface area contributed by atoms with Crippen molar-refractivity contribution in [1.82, 2.24) is 19.5 Å². The monoisotopic (exact) mass is 426 g/mol. The second-order valence-corrected chi connectivity index (χ2v) is 10.5. The van der Waals surface area contributed by atoms with E-state index in [0.29, 0.717) is 30.6 Å². The van der Waals surface area contributed by atoms with E-state index in [1.807, 2.05) is 41.8 Å². The van der Waals surface area contributed by atoms with Crippen LogP contribution >= 0.6 is 0 Å². The van der Waals surface area contributed by atoms with Crippen molar-refractivity contribution in [2.45, 2.75) is 38.0 Å². The number of aryl methyl sites for hydroxylation is 1. The standard InChI is InChI=1S/C21H26N6O2S/c1-14-13-29-10-9-26(14)20-12-17(19-8-5-11-30(19,22)28)24-21(25-20)27-15(2)23-16-6-3-4-7-18(16)27/h3-4,6-7,12,14,19,22H,5,8-11,13H2,1-2H3/t14-,19+,30?/m1/s1. The average molecular weight is 427 g/mol. The molecule has 3 atom stereocenters. The second-order valence-electron chi connectivity index (χ2n) is 8.11. The third kappa shape index (κ3) is 3.26. The molecule has 0 radical (unpaired) electrons. The number of anilines is 1. The van der Waals surface area contributed by atoms with E-state index in [1.165, 1.54) is 0 Å². The molecular weight excluding hydrogens is 400 g/mol. The number of fused-ring (bicyclic) bond motifs is 1. The number of nitrogens with one attached hydrogen (secondary N) is 1. The molecule has 0 spiro atoms. The van der Waals surface area contributed by atoms with Gasteiger partial charge < -0.3 is 9.64 Å². The first-order valence-corrected chi connectivity index (χ1v) is 12.2. The number of para-hydroxylation sites is 2. The normalized spacial score (nSPS) is 27.1. The van der Waals surface area contributed by atoms with Crippen molar-refractivity contribution in [2.24, 2.45) is 0 Å². The quantitative estimate of drug-likeness (QED) is 0.691. The number of hydrogen-bond donors (Lipinski definition) is 1. The van der Waals surface area contributed by atoms with Crippen LogP contribution in [0.4, 0.5) is 5.82 Å². The van der Waals surface area contributed by atoms with Crippen molar-refractivity contribution < 1.29 is 8.95 Å². The Kier molecular flexibility index (Phi) is 4.74. The number of benzene rings is 1. The molecule has 3 aromatic rings.